The first-order chi connectivity index (χ1) is 9.49. The molecule has 0 bridgehead atoms. The number of hydrogen-bond acceptors (Lipinski definition) is 3. The van der Waals surface area contributed by atoms with Crippen LogP contribution in [-0.4, -0.2) is 42.1 Å². The maximum atomic E-state index is 11.7. The molecular weight excluding hydrogens is 326 g/mol. The van der Waals surface area contributed by atoms with Gasteiger partial charge < -0.3 is 14.7 Å². The highest BCUT2D eigenvalue weighted by Crippen LogP contribution is 2.16. The second-order valence-electron chi connectivity index (χ2n) is 4.36. The van der Waals surface area contributed by atoms with Crippen LogP contribution in [0.15, 0.2) is 28.7 Å². The molecule has 1 amide bonds. The fourth-order valence-electron chi connectivity index (χ4n) is 1.52. The van der Waals surface area contributed by atoms with Crippen molar-refractivity contribution in [1.29, 1.82) is 0 Å². The van der Waals surface area contributed by atoms with Crippen LogP contribution in [0.25, 0.3) is 0 Å². The van der Waals surface area contributed by atoms with Crippen molar-refractivity contribution in [1.82, 2.24) is 4.90 Å². The van der Waals surface area contributed by atoms with Gasteiger partial charge in [0.15, 0.2) is 0 Å². The van der Waals surface area contributed by atoms with E-state index in [2.05, 4.69) is 15.9 Å². The van der Waals surface area contributed by atoms with E-state index in [1.807, 2.05) is 24.3 Å². The van der Waals surface area contributed by atoms with Crippen molar-refractivity contribution in [2.45, 2.75) is 19.3 Å². The summed E-state index contributed by atoms with van der Waals surface area (Å²) in [4.78, 5) is 23.5. The second-order valence-corrected chi connectivity index (χ2v) is 5.28. The minimum absolute atomic E-state index is 0.0301. The van der Waals surface area contributed by atoms with E-state index in [-0.39, 0.29) is 18.9 Å². The summed E-state index contributed by atoms with van der Waals surface area (Å²) in [6, 6.07) is 7.48. The molecule has 0 unspecified atom stereocenters. The third-order valence-electron chi connectivity index (χ3n) is 2.70. The van der Waals surface area contributed by atoms with Crippen LogP contribution in [0.5, 0.6) is 5.75 Å². The number of hydrogen-bond donors (Lipinski definition) is 1. The van der Waals surface area contributed by atoms with Crippen LogP contribution in [0.4, 0.5) is 0 Å². The number of aliphatic carboxylic acids is 1. The van der Waals surface area contributed by atoms with E-state index in [0.29, 0.717) is 19.4 Å². The lowest BCUT2D eigenvalue weighted by molar-refractivity contribution is -0.138. The first kappa shape index (κ1) is 16.5. The number of halogens is 1. The van der Waals surface area contributed by atoms with Crippen LogP contribution in [-0.2, 0) is 9.59 Å². The number of nitrogens with zero attached hydrogens (tertiary/aromatic N) is 1. The Bertz CT molecular complexity index is 447. The van der Waals surface area contributed by atoms with Crippen LogP contribution in [0.2, 0.25) is 0 Å². The van der Waals surface area contributed by atoms with Crippen molar-refractivity contribution in [2.75, 3.05) is 20.2 Å². The summed E-state index contributed by atoms with van der Waals surface area (Å²) >= 11 is 3.34. The van der Waals surface area contributed by atoms with Crippen molar-refractivity contribution in [3.63, 3.8) is 0 Å². The maximum absolute atomic E-state index is 11.7. The summed E-state index contributed by atoms with van der Waals surface area (Å²) < 4.78 is 6.49. The van der Waals surface area contributed by atoms with Crippen molar-refractivity contribution in [3.8, 4) is 5.75 Å². The number of benzene rings is 1. The van der Waals surface area contributed by atoms with Gasteiger partial charge in [-0.05, 0) is 30.7 Å². The average molecular weight is 344 g/mol. The zero-order valence-corrected chi connectivity index (χ0v) is 12.9. The van der Waals surface area contributed by atoms with Gasteiger partial charge in [-0.3, -0.25) is 9.59 Å². The lowest BCUT2D eigenvalue weighted by Crippen LogP contribution is -2.29. The highest BCUT2D eigenvalue weighted by Gasteiger charge is 2.09. The second kappa shape index (κ2) is 8.58. The summed E-state index contributed by atoms with van der Waals surface area (Å²) in [5.41, 5.74) is 0. The van der Waals surface area contributed by atoms with E-state index in [9.17, 15) is 9.59 Å². The first-order valence-electron chi connectivity index (χ1n) is 6.33. The van der Waals surface area contributed by atoms with Crippen molar-refractivity contribution >= 4 is 27.8 Å². The Hall–Kier alpha value is -1.56. The highest BCUT2D eigenvalue weighted by atomic mass is 79.9. The molecule has 0 saturated heterocycles. The fraction of sp³-hybridized carbons (Fsp3) is 0.429. The Morgan fingerprint density at radius 2 is 1.90 bits per heavy atom. The van der Waals surface area contributed by atoms with Crippen molar-refractivity contribution in [3.05, 3.63) is 28.7 Å². The molecule has 20 heavy (non-hydrogen) atoms. The normalized spacial score (nSPS) is 10.1. The summed E-state index contributed by atoms with van der Waals surface area (Å²) in [7, 11) is 1.61. The number of rotatable bonds is 8. The topological polar surface area (TPSA) is 66.8 Å². The van der Waals surface area contributed by atoms with E-state index in [1.54, 1.807) is 7.05 Å². The zero-order valence-electron chi connectivity index (χ0n) is 11.3. The number of carboxylic acids is 1. The molecule has 0 aliphatic heterocycles. The molecular formula is C14H18BrNO4. The van der Waals surface area contributed by atoms with Gasteiger partial charge in [0.05, 0.1) is 13.0 Å². The summed E-state index contributed by atoms with van der Waals surface area (Å²) in [5, 5.41) is 8.54. The van der Waals surface area contributed by atoms with Crippen LogP contribution < -0.4 is 4.74 Å². The number of carboxylic acid groups (broad SMARTS) is 1. The quantitative estimate of drug-likeness (QED) is 0.736. The molecule has 0 saturated carbocycles. The Kier molecular flexibility index (Phi) is 7.08. The molecule has 0 spiro atoms. The predicted octanol–water partition coefficient (Wildman–Crippen LogP) is 2.54. The summed E-state index contributed by atoms with van der Waals surface area (Å²) in [5.74, 6) is -0.200. The first-order valence-corrected chi connectivity index (χ1v) is 7.12. The molecule has 0 aromatic heterocycles. The number of carbonyl (C=O) groups is 2. The summed E-state index contributed by atoms with van der Waals surface area (Å²) in [6.07, 6.45) is 0.927. The molecule has 0 radical (unpaired) electrons. The molecule has 0 aliphatic carbocycles. The molecule has 0 heterocycles. The zero-order chi connectivity index (χ0) is 15.0. The van der Waals surface area contributed by atoms with Crippen LogP contribution in [0.3, 0.4) is 0 Å². The lowest BCUT2D eigenvalue weighted by Gasteiger charge is -2.15. The number of amides is 1. The molecule has 0 aliphatic rings. The van der Waals surface area contributed by atoms with Crippen LogP contribution in [0, 0.1) is 0 Å². The highest BCUT2D eigenvalue weighted by molar-refractivity contribution is 9.10. The van der Waals surface area contributed by atoms with Gasteiger partial charge in [-0.15, -0.1) is 0 Å². The van der Waals surface area contributed by atoms with E-state index in [4.69, 9.17) is 9.84 Å². The van der Waals surface area contributed by atoms with Gasteiger partial charge in [-0.25, -0.2) is 0 Å². The van der Waals surface area contributed by atoms with Gasteiger partial charge in [0.25, 0.3) is 0 Å². The standard InChI is InChI=1S/C14H18BrNO4/c1-16(9-8-14(18)19)13(17)3-2-10-20-12-6-4-11(15)5-7-12/h4-7H,2-3,8-10H2,1H3,(H,18,19). The molecule has 110 valence electrons. The minimum Gasteiger partial charge on any atom is -0.494 e. The Morgan fingerprint density at radius 3 is 2.50 bits per heavy atom. The molecule has 1 aromatic rings. The van der Waals surface area contributed by atoms with E-state index < -0.39 is 5.97 Å². The molecule has 0 fully saturated rings. The van der Waals surface area contributed by atoms with Gasteiger partial charge in [0.2, 0.25) is 5.91 Å². The molecule has 6 heteroatoms. The molecule has 1 aromatic carbocycles. The minimum atomic E-state index is -0.900. The van der Waals surface area contributed by atoms with E-state index >= 15 is 0 Å². The number of ether oxygens (including phenoxy) is 1. The third-order valence-corrected chi connectivity index (χ3v) is 3.23. The van der Waals surface area contributed by atoms with Gasteiger partial charge in [0.1, 0.15) is 5.75 Å². The predicted molar refractivity (Wildman–Crippen MR) is 78.8 cm³/mol. The molecule has 0 atom stereocenters. The average Bonchev–Trinajstić information content (AvgIpc) is 2.42. The Morgan fingerprint density at radius 1 is 1.25 bits per heavy atom. The van der Waals surface area contributed by atoms with Crippen molar-refractivity contribution in [2.24, 2.45) is 0 Å². The summed E-state index contributed by atoms with van der Waals surface area (Å²) in [6.45, 7) is 0.696. The maximum Gasteiger partial charge on any atom is 0.305 e. The lowest BCUT2D eigenvalue weighted by atomic mass is 10.3. The third kappa shape index (κ3) is 6.56. The Labute approximate surface area is 126 Å². The van der Waals surface area contributed by atoms with Gasteiger partial charge in [-0.1, -0.05) is 15.9 Å². The monoisotopic (exact) mass is 343 g/mol. The van der Waals surface area contributed by atoms with E-state index in [0.717, 1.165) is 10.2 Å². The van der Waals surface area contributed by atoms with Crippen LogP contribution in [0.1, 0.15) is 19.3 Å². The fourth-order valence-corrected chi connectivity index (χ4v) is 1.79. The Balaban J connectivity index is 2.18. The van der Waals surface area contributed by atoms with Gasteiger partial charge >= 0.3 is 5.97 Å². The van der Waals surface area contributed by atoms with Gasteiger partial charge in [-0.2, -0.15) is 0 Å². The largest absolute Gasteiger partial charge is 0.494 e. The number of carbonyl (C=O) groups excluding carboxylic acids is 1. The van der Waals surface area contributed by atoms with Crippen LogP contribution >= 0.6 is 15.9 Å². The molecule has 1 N–H and O–H groups in total. The van der Waals surface area contributed by atoms with E-state index in [1.165, 1.54) is 4.90 Å². The molecule has 1 rings (SSSR count). The molecule has 5 nitrogen and oxygen atoms in total. The van der Waals surface area contributed by atoms with Gasteiger partial charge in [0, 0.05) is 24.5 Å². The SMILES string of the molecule is CN(CCC(=O)O)C(=O)CCCOc1ccc(Br)cc1. The van der Waals surface area contributed by atoms with Crippen molar-refractivity contribution < 1.29 is 19.4 Å². The smallest absolute Gasteiger partial charge is 0.305 e.